The van der Waals surface area contributed by atoms with Crippen LogP contribution in [0.2, 0.25) is 0 Å². The van der Waals surface area contributed by atoms with Crippen LogP contribution in [-0.2, 0) is 17.8 Å². The van der Waals surface area contributed by atoms with Gasteiger partial charge in [0.1, 0.15) is 12.3 Å². The summed E-state index contributed by atoms with van der Waals surface area (Å²) in [4.78, 5) is 27.4. The molecular weight excluding hydrogens is 270 g/mol. The molecule has 2 amide bonds. The number of aryl methyl sites for hydroxylation is 1. The van der Waals surface area contributed by atoms with Crippen LogP contribution >= 0.6 is 0 Å². The van der Waals surface area contributed by atoms with Crippen LogP contribution in [0.1, 0.15) is 41.6 Å². The molecule has 2 aliphatic heterocycles. The highest BCUT2D eigenvalue weighted by Gasteiger charge is 2.28. The number of nitrogens with one attached hydrogen (secondary N) is 1. The first-order valence-electron chi connectivity index (χ1n) is 7.57. The first kappa shape index (κ1) is 14.1. The second-order valence-electron chi connectivity index (χ2n) is 5.66. The van der Waals surface area contributed by atoms with Gasteiger partial charge in [-0.15, -0.1) is 0 Å². The summed E-state index contributed by atoms with van der Waals surface area (Å²) >= 11 is 0. The van der Waals surface area contributed by atoms with E-state index in [1.165, 1.54) is 17.7 Å². The minimum Gasteiger partial charge on any atom is -0.456 e. The van der Waals surface area contributed by atoms with E-state index >= 15 is 0 Å². The lowest BCUT2D eigenvalue weighted by Gasteiger charge is -2.13. The van der Waals surface area contributed by atoms with E-state index in [2.05, 4.69) is 10.2 Å². The summed E-state index contributed by atoms with van der Waals surface area (Å²) in [7, 11) is 0. The Kier molecular flexibility index (Phi) is 3.96. The van der Waals surface area contributed by atoms with Gasteiger partial charge in [-0.3, -0.25) is 14.5 Å². The molecule has 0 aliphatic carbocycles. The molecule has 0 aromatic carbocycles. The van der Waals surface area contributed by atoms with Crippen molar-refractivity contribution in [2.75, 3.05) is 26.3 Å². The number of likely N-dealkylation sites (tertiary alicyclic amines) is 1. The van der Waals surface area contributed by atoms with Gasteiger partial charge in [0.2, 0.25) is 5.91 Å². The molecule has 3 rings (SSSR count). The number of amides is 2. The number of furan rings is 1. The molecule has 0 atom stereocenters. The second-order valence-corrected chi connectivity index (χ2v) is 5.66. The highest BCUT2D eigenvalue weighted by Crippen LogP contribution is 2.22. The van der Waals surface area contributed by atoms with E-state index in [4.69, 9.17) is 4.42 Å². The molecule has 2 aliphatic rings. The van der Waals surface area contributed by atoms with E-state index in [1.54, 1.807) is 0 Å². The fourth-order valence-corrected chi connectivity index (χ4v) is 2.95. The smallest absolute Gasteiger partial charge is 0.291 e. The molecule has 21 heavy (non-hydrogen) atoms. The Morgan fingerprint density at radius 1 is 1.38 bits per heavy atom. The van der Waals surface area contributed by atoms with Gasteiger partial charge >= 0.3 is 0 Å². The Labute approximate surface area is 124 Å². The molecule has 1 aromatic heterocycles. The highest BCUT2D eigenvalue weighted by molar-refractivity contribution is 5.96. The van der Waals surface area contributed by atoms with E-state index in [-0.39, 0.29) is 25.0 Å². The Hall–Kier alpha value is -1.82. The van der Waals surface area contributed by atoms with Crippen molar-refractivity contribution in [3.8, 4) is 0 Å². The van der Waals surface area contributed by atoms with Crippen molar-refractivity contribution in [2.45, 2.75) is 32.7 Å². The lowest BCUT2D eigenvalue weighted by atomic mass is 10.2. The fourth-order valence-electron chi connectivity index (χ4n) is 2.95. The first-order valence-corrected chi connectivity index (χ1v) is 7.57. The van der Waals surface area contributed by atoms with Crippen molar-refractivity contribution in [1.29, 1.82) is 0 Å². The maximum Gasteiger partial charge on any atom is 0.291 e. The van der Waals surface area contributed by atoms with E-state index in [0.29, 0.717) is 5.76 Å². The summed E-state index contributed by atoms with van der Waals surface area (Å²) in [5.41, 5.74) is 1.10. The van der Waals surface area contributed by atoms with Crippen LogP contribution < -0.4 is 5.32 Å². The second kappa shape index (κ2) is 5.89. The third-order valence-electron chi connectivity index (χ3n) is 4.11. The molecule has 6 heteroatoms. The maximum atomic E-state index is 12.3. The van der Waals surface area contributed by atoms with E-state index in [0.717, 1.165) is 37.4 Å². The van der Waals surface area contributed by atoms with Crippen LogP contribution in [0.4, 0.5) is 0 Å². The number of hydrogen-bond acceptors (Lipinski definition) is 4. The SMILES string of the molecule is CCc1oc(C(=O)N2CNC(=O)C2)cc1CN1CCCC1. The van der Waals surface area contributed by atoms with Gasteiger partial charge in [0.25, 0.3) is 5.91 Å². The molecule has 2 saturated heterocycles. The Balaban J connectivity index is 1.74. The van der Waals surface area contributed by atoms with E-state index < -0.39 is 0 Å². The van der Waals surface area contributed by atoms with Gasteiger partial charge in [-0.2, -0.15) is 0 Å². The van der Waals surface area contributed by atoms with Crippen LogP contribution in [0.15, 0.2) is 10.5 Å². The third-order valence-corrected chi connectivity index (χ3v) is 4.11. The van der Waals surface area contributed by atoms with Gasteiger partial charge in [-0.1, -0.05) is 6.92 Å². The van der Waals surface area contributed by atoms with Gasteiger partial charge in [0.15, 0.2) is 5.76 Å². The summed E-state index contributed by atoms with van der Waals surface area (Å²) in [6.07, 6.45) is 3.26. The summed E-state index contributed by atoms with van der Waals surface area (Å²) < 4.78 is 5.73. The van der Waals surface area contributed by atoms with Gasteiger partial charge in [-0.05, 0) is 32.0 Å². The normalized spacial score (nSPS) is 19.3. The topological polar surface area (TPSA) is 65.8 Å². The van der Waals surface area contributed by atoms with Crippen molar-refractivity contribution >= 4 is 11.8 Å². The van der Waals surface area contributed by atoms with Crippen LogP contribution in [0.5, 0.6) is 0 Å². The number of hydrogen-bond donors (Lipinski definition) is 1. The predicted octanol–water partition coefficient (Wildman–Crippen LogP) is 0.967. The van der Waals surface area contributed by atoms with Crippen LogP contribution in [0.25, 0.3) is 0 Å². The highest BCUT2D eigenvalue weighted by atomic mass is 16.4. The summed E-state index contributed by atoms with van der Waals surface area (Å²) in [6, 6.07) is 1.85. The zero-order valence-corrected chi connectivity index (χ0v) is 12.4. The lowest BCUT2D eigenvalue weighted by molar-refractivity contribution is -0.118. The zero-order chi connectivity index (χ0) is 14.8. The molecular formula is C15H21N3O3. The minimum atomic E-state index is -0.212. The van der Waals surface area contributed by atoms with Crippen molar-refractivity contribution in [3.63, 3.8) is 0 Å². The van der Waals surface area contributed by atoms with E-state index in [9.17, 15) is 9.59 Å². The fraction of sp³-hybridized carbons (Fsp3) is 0.600. The average molecular weight is 291 g/mol. The predicted molar refractivity (Wildman–Crippen MR) is 76.6 cm³/mol. The van der Waals surface area contributed by atoms with Crippen molar-refractivity contribution in [3.05, 3.63) is 23.2 Å². The summed E-state index contributed by atoms with van der Waals surface area (Å²) in [5.74, 6) is 0.889. The molecule has 2 fully saturated rings. The van der Waals surface area contributed by atoms with Crippen molar-refractivity contribution < 1.29 is 14.0 Å². The van der Waals surface area contributed by atoms with Crippen molar-refractivity contribution in [1.82, 2.24) is 15.1 Å². The molecule has 0 spiro atoms. The molecule has 6 nitrogen and oxygen atoms in total. The molecule has 1 N–H and O–H groups in total. The maximum absolute atomic E-state index is 12.3. The number of nitrogens with zero attached hydrogens (tertiary/aromatic N) is 2. The average Bonchev–Trinajstić information content (AvgIpc) is 3.19. The largest absolute Gasteiger partial charge is 0.456 e. The van der Waals surface area contributed by atoms with E-state index in [1.807, 2.05) is 13.0 Å². The number of carbonyl (C=O) groups is 2. The van der Waals surface area contributed by atoms with Crippen molar-refractivity contribution in [2.24, 2.45) is 0 Å². The lowest BCUT2D eigenvalue weighted by Crippen LogP contribution is -2.29. The zero-order valence-electron chi connectivity index (χ0n) is 12.4. The number of carbonyl (C=O) groups excluding carboxylic acids is 2. The van der Waals surface area contributed by atoms with Gasteiger partial charge < -0.3 is 14.6 Å². The number of rotatable bonds is 4. The van der Waals surface area contributed by atoms with Gasteiger partial charge in [0, 0.05) is 18.5 Å². The Morgan fingerprint density at radius 2 is 2.14 bits per heavy atom. The molecule has 114 valence electrons. The monoisotopic (exact) mass is 291 g/mol. The quantitative estimate of drug-likeness (QED) is 0.897. The summed E-state index contributed by atoms with van der Waals surface area (Å²) in [5, 5.41) is 2.63. The first-order chi connectivity index (χ1) is 10.2. The molecule has 0 unspecified atom stereocenters. The Bertz CT molecular complexity index is 546. The molecule has 0 radical (unpaired) electrons. The van der Waals surface area contributed by atoms with Crippen LogP contribution in [0, 0.1) is 0 Å². The molecule has 0 saturated carbocycles. The molecule has 0 bridgehead atoms. The van der Waals surface area contributed by atoms with Crippen LogP contribution in [-0.4, -0.2) is 47.9 Å². The standard InChI is InChI=1S/C15H21N3O3/c1-2-12-11(8-17-5-3-4-6-17)7-13(21-12)15(20)18-9-14(19)16-10-18/h7H,2-6,8-10H2,1H3,(H,16,19). The van der Waals surface area contributed by atoms with Crippen LogP contribution in [0.3, 0.4) is 0 Å². The summed E-state index contributed by atoms with van der Waals surface area (Å²) in [6.45, 7) is 5.48. The molecule has 3 heterocycles. The third kappa shape index (κ3) is 2.95. The Morgan fingerprint density at radius 3 is 2.76 bits per heavy atom. The molecule has 1 aromatic rings. The van der Waals surface area contributed by atoms with Gasteiger partial charge in [0.05, 0.1) is 6.67 Å². The minimum absolute atomic E-state index is 0.114. The van der Waals surface area contributed by atoms with Gasteiger partial charge in [-0.25, -0.2) is 0 Å².